The van der Waals surface area contributed by atoms with Crippen molar-refractivity contribution < 1.29 is 14.1 Å². The predicted octanol–water partition coefficient (Wildman–Crippen LogP) is 4.72. The highest BCUT2D eigenvalue weighted by Gasteiger charge is 2.18. The Morgan fingerprint density at radius 2 is 2.05 bits per heavy atom. The number of nitrogens with zero attached hydrogens (tertiary/aromatic N) is 2. The molecule has 0 atom stereocenters. The molecule has 3 rings (SSSR count). The maximum atomic E-state index is 10.8. The van der Waals surface area contributed by atoms with Crippen LogP contribution in [0.3, 0.4) is 0 Å². The Bertz CT molecular complexity index is 892. The summed E-state index contributed by atoms with van der Waals surface area (Å²) in [7, 11) is 1.46. The van der Waals surface area contributed by atoms with Gasteiger partial charge in [0.2, 0.25) is 5.89 Å². The summed E-state index contributed by atoms with van der Waals surface area (Å²) in [6, 6.07) is 7.31. The number of hydrogen-bond donors (Lipinski definition) is 0. The number of nitro groups is 1. The van der Waals surface area contributed by atoms with Crippen molar-refractivity contribution in [3.63, 3.8) is 0 Å². The molecule has 0 aliphatic carbocycles. The van der Waals surface area contributed by atoms with Crippen LogP contribution in [0.25, 0.3) is 22.6 Å². The highest BCUT2D eigenvalue weighted by molar-refractivity contribution is 6.36. The van der Waals surface area contributed by atoms with E-state index < -0.39 is 4.92 Å². The third-order valence-corrected chi connectivity index (χ3v) is 3.52. The number of aromatic nitrogens is 1. The highest BCUT2D eigenvalue weighted by atomic mass is 35.5. The lowest BCUT2D eigenvalue weighted by molar-refractivity contribution is -0.384. The SMILES string of the molecule is COc1c(Cl)cc(Cl)cc1-c1nc2cc([N+](=O)[O-])ccc2o1. The smallest absolute Gasteiger partial charge is 0.271 e. The van der Waals surface area contributed by atoms with Crippen molar-refractivity contribution in [3.05, 3.63) is 50.5 Å². The van der Waals surface area contributed by atoms with E-state index in [9.17, 15) is 10.1 Å². The lowest BCUT2D eigenvalue weighted by Crippen LogP contribution is -1.89. The van der Waals surface area contributed by atoms with E-state index in [1.165, 1.54) is 25.3 Å². The fraction of sp³-hybridized carbons (Fsp3) is 0.0714. The van der Waals surface area contributed by atoms with E-state index >= 15 is 0 Å². The standard InChI is InChI=1S/C14H8Cl2N2O4/c1-21-13-9(4-7(15)5-10(13)16)14-17-11-6-8(18(19)20)2-3-12(11)22-14/h2-6H,1H3. The van der Waals surface area contributed by atoms with Crippen molar-refractivity contribution in [3.8, 4) is 17.2 Å². The molecule has 0 fully saturated rings. The summed E-state index contributed by atoms with van der Waals surface area (Å²) in [6.07, 6.45) is 0. The Morgan fingerprint density at radius 1 is 1.27 bits per heavy atom. The maximum Gasteiger partial charge on any atom is 0.271 e. The summed E-state index contributed by atoms with van der Waals surface area (Å²) < 4.78 is 10.9. The van der Waals surface area contributed by atoms with Crippen LogP contribution >= 0.6 is 23.2 Å². The van der Waals surface area contributed by atoms with E-state index in [2.05, 4.69) is 4.98 Å². The van der Waals surface area contributed by atoms with Crippen LogP contribution in [0.2, 0.25) is 10.0 Å². The third-order valence-electron chi connectivity index (χ3n) is 3.02. The molecule has 0 saturated heterocycles. The van der Waals surface area contributed by atoms with Crippen molar-refractivity contribution in [1.29, 1.82) is 0 Å². The van der Waals surface area contributed by atoms with Gasteiger partial charge in [-0.1, -0.05) is 23.2 Å². The zero-order valence-electron chi connectivity index (χ0n) is 11.2. The summed E-state index contributed by atoms with van der Waals surface area (Å²) in [5.74, 6) is 0.587. The van der Waals surface area contributed by atoms with Gasteiger partial charge in [0.15, 0.2) is 5.58 Å². The number of nitro benzene ring substituents is 1. The van der Waals surface area contributed by atoms with Crippen molar-refractivity contribution in [2.75, 3.05) is 7.11 Å². The Labute approximate surface area is 134 Å². The largest absolute Gasteiger partial charge is 0.494 e. The first-order valence-corrected chi connectivity index (χ1v) is 6.83. The van der Waals surface area contributed by atoms with Crippen molar-refractivity contribution in [1.82, 2.24) is 4.98 Å². The van der Waals surface area contributed by atoms with Crippen molar-refractivity contribution >= 4 is 40.0 Å². The number of methoxy groups -OCH3 is 1. The second-order valence-electron chi connectivity index (χ2n) is 4.40. The summed E-state index contributed by atoms with van der Waals surface area (Å²) >= 11 is 12.1. The zero-order valence-corrected chi connectivity index (χ0v) is 12.7. The molecule has 8 heteroatoms. The molecule has 3 aromatic rings. The first kappa shape index (κ1) is 14.6. The van der Waals surface area contributed by atoms with Crippen LogP contribution in [0.5, 0.6) is 5.75 Å². The van der Waals surface area contributed by atoms with E-state index in [4.69, 9.17) is 32.4 Å². The Hall–Kier alpha value is -2.31. The number of halogens is 2. The molecule has 0 aliphatic heterocycles. The zero-order chi connectivity index (χ0) is 15.9. The molecule has 0 spiro atoms. The molecule has 1 aromatic heterocycles. The van der Waals surface area contributed by atoms with Crippen LogP contribution in [0, 0.1) is 10.1 Å². The number of non-ortho nitro benzene ring substituents is 1. The highest BCUT2D eigenvalue weighted by Crippen LogP contribution is 2.39. The number of oxazole rings is 1. The first-order valence-electron chi connectivity index (χ1n) is 6.08. The molecule has 0 unspecified atom stereocenters. The van der Waals surface area contributed by atoms with Gasteiger partial charge in [-0.05, 0) is 18.2 Å². The number of fused-ring (bicyclic) bond motifs is 1. The molecule has 0 aliphatic rings. The van der Waals surface area contributed by atoms with Gasteiger partial charge in [-0.2, -0.15) is 0 Å². The fourth-order valence-corrected chi connectivity index (χ4v) is 2.64. The second-order valence-corrected chi connectivity index (χ2v) is 5.24. The van der Waals surface area contributed by atoms with Crippen LogP contribution in [0.15, 0.2) is 34.7 Å². The number of hydrogen-bond acceptors (Lipinski definition) is 5. The van der Waals surface area contributed by atoms with E-state index in [1.807, 2.05) is 0 Å². The normalized spacial score (nSPS) is 10.9. The van der Waals surface area contributed by atoms with Gasteiger partial charge in [-0.3, -0.25) is 10.1 Å². The fourth-order valence-electron chi connectivity index (χ4n) is 2.07. The summed E-state index contributed by atoms with van der Waals surface area (Å²) in [6.45, 7) is 0. The van der Waals surface area contributed by atoms with Crippen molar-refractivity contribution in [2.24, 2.45) is 0 Å². The molecule has 1 heterocycles. The first-order chi connectivity index (χ1) is 10.5. The molecule has 0 amide bonds. The topological polar surface area (TPSA) is 78.4 Å². The molecule has 0 saturated carbocycles. The van der Waals surface area contributed by atoms with E-state index in [0.717, 1.165) is 0 Å². The molecule has 2 aromatic carbocycles. The molecule has 112 valence electrons. The van der Waals surface area contributed by atoms with Gasteiger partial charge in [-0.25, -0.2) is 4.98 Å². The summed E-state index contributed by atoms with van der Waals surface area (Å²) in [5, 5.41) is 11.5. The lowest BCUT2D eigenvalue weighted by Gasteiger charge is -2.07. The molecular formula is C14H8Cl2N2O4. The minimum atomic E-state index is -0.495. The molecular weight excluding hydrogens is 331 g/mol. The average Bonchev–Trinajstić information content (AvgIpc) is 2.89. The molecule has 0 bridgehead atoms. The van der Waals surface area contributed by atoms with Gasteiger partial charge in [0.1, 0.15) is 11.3 Å². The van der Waals surface area contributed by atoms with Crippen LogP contribution in [-0.2, 0) is 0 Å². The van der Waals surface area contributed by atoms with Gasteiger partial charge in [-0.15, -0.1) is 0 Å². The van der Waals surface area contributed by atoms with Gasteiger partial charge in [0.25, 0.3) is 5.69 Å². The molecule has 0 radical (unpaired) electrons. The average molecular weight is 339 g/mol. The van der Waals surface area contributed by atoms with Crippen molar-refractivity contribution in [2.45, 2.75) is 0 Å². The maximum absolute atomic E-state index is 10.8. The van der Waals surface area contributed by atoms with E-state index in [0.29, 0.717) is 32.5 Å². The Balaban J connectivity index is 2.20. The van der Waals surface area contributed by atoms with Gasteiger partial charge in [0, 0.05) is 17.2 Å². The number of rotatable bonds is 3. The predicted molar refractivity (Wildman–Crippen MR) is 82.7 cm³/mol. The minimum absolute atomic E-state index is 0.0663. The quantitative estimate of drug-likeness (QED) is 0.510. The van der Waals surface area contributed by atoms with Crippen LogP contribution in [0.1, 0.15) is 0 Å². The van der Waals surface area contributed by atoms with Gasteiger partial charge in [0.05, 0.1) is 22.6 Å². The molecule has 6 nitrogen and oxygen atoms in total. The van der Waals surface area contributed by atoms with E-state index in [1.54, 1.807) is 12.1 Å². The summed E-state index contributed by atoms with van der Waals surface area (Å²) in [4.78, 5) is 14.6. The van der Waals surface area contributed by atoms with Crippen LogP contribution in [0.4, 0.5) is 5.69 Å². The third kappa shape index (κ3) is 2.47. The molecule has 0 N–H and O–H groups in total. The monoisotopic (exact) mass is 338 g/mol. The number of benzene rings is 2. The van der Waals surface area contributed by atoms with Crippen LogP contribution < -0.4 is 4.74 Å². The summed E-state index contributed by atoms with van der Waals surface area (Å²) in [5.41, 5.74) is 1.18. The second kappa shape index (κ2) is 5.47. The lowest BCUT2D eigenvalue weighted by atomic mass is 10.2. The Morgan fingerprint density at radius 3 is 2.73 bits per heavy atom. The van der Waals surface area contributed by atoms with Gasteiger partial charge < -0.3 is 9.15 Å². The van der Waals surface area contributed by atoms with Crippen LogP contribution in [-0.4, -0.2) is 17.0 Å². The number of ether oxygens (including phenoxy) is 1. The minimum Gasteiger partial charge on any atom is -0.494 e. The molecule has 22 heavy (non-hydrogen) atoms. The van der Waals surface area contributed by atoms with Gasteiger partial charge >= 0.3 is 0 Å². The van der Waals surface area contributed by atoms with E-state index in [-0.39, 0.29) is 11.6 Å². The Kier molecular flexibility index (Phi) is 3.64.